The van der Waals surface area contributed by atoms with Gasteiger partial charge in [-0.05, 0) is 48.9 Å². The Labute approximate surface area is 167 Å². The zero-order valence-corrected chi connectivity index (χ0v) is 16.6. The number of ether oxygens (including phenoxy) is 1. The number of imidazole rings is 1. The molecule has 0 aliphatic rings. The molecule has 0 atom stereocenters. The van der Waals surface area contributed by atoms with Crippen molar-refractivity contribution in [2.24, 2.45) is 0 Å². The predicted molar refractivity (Wildman–Crippen MR) is 109 cm³/mol. The Morgan fingerprint density at radius 3 is 2.66 bits per heavy atom. The highest BCUT2D eigenvalue weighted by Gasteiger charge is 2.17. The Kier molecular flexibility index (Phi) is 4.71. The van der Waals surface area contributed by atoms with Gasteiger partial charge in [0.25, 0.3) is 10.0 Å². The number of benzene rings is 2. The van der Waals surface area contributed by atoms with Gasteiger partial charge in [-0.25, -0.2) is 17.8 Å². The zero-order chi connectivity index (χ0) is 20.6. The molecule has 0 amide bonds. The Morgan fingerprint density at radius 2 is 1.93 bits per heavy atom. The molecule has 0 saturated carbocycles. The average Bonchev–Trinajstić information content (AvgIpc) is 3.14. The molecule has 0 aliphatic carbocycles. The summed E-state index contributed by atoms with van der Waals surface area (Å²) in [5.74, 6) is -0.766. The van der Waals surface area contributed by atoms with Crippen LogP contribution in [-0.2, 0) is 10.0 Å². The molecule has 4 aromatic rings. The van der Waals surface area contributed by atoms with E-state index < -0.39 is 15.8 Å². The molecule has 0 bridgehead atoms. The van der Waals surface area contributed by atoms with E-state index in [1.54, 1.807) is 18.2 Å². The maximum absolute atomic E-state index is 13.9. The van der Waals surface area contributed by atoms with Gasteiger partial charge in [-0.2, -0.15) is 0 Å². The summed E-state index contributed by atoms with van der Waals surface area (Å²) in [7, 11) is -2.65. The van der Waals surface area contributed by atoms with Gasteiger partial charge < -0.3 is 9.14 Å². The van der Waals surface area contributed by atoms with Crippen LogP contribution in [0.5, 0.6) is 5.75 Å². The second-order valence-corrected chi connectivity index (χ2v) is 8.21. The van der Waals surface area contributed by atoms with Gasteiger partial charge in [0, 0.05) is 23.6 Å². The fourth-order valence-corrected chi connectivity index (χ4v) is 4.12. The van der Waals surface area contributed by atoms with E-state index in [9.17, 15) is 12.8 Å². The summed E-state index contributed by atoms with van der Waals surface area (Å²) in [6.07, 6.45) is 3.79. The number of aryl methyl sites for hydroxylation is 1. The Morgan fingerprint density at radius 1 is 1.10 bits per heavy atom. The topological polar surface area (TPSA) is 72.7 Å². The van der Waals surface area contributed by atoms with E-state index in [4.69, 9.17) is 4.74 Å². The van der Waals surface area contributed by atoms with E-state index in [1.807, 2.05) is 41.9 Å². The molecule has 148 valence electrons. The summed E-state index contributed by atoms with van der Waals surface area (Å²) >= 11 is 0. The highest BCUT2D eigenvalue weighted by molar-refractivity contribution is 7.92. The van der Waals surface area contributed by atoms with Crippen molar-refractivity contribution in [1.82, 2.24) is 9.38 Å². The fourth-order valence-electron chi connectivity index (χ4n) is 3.06. The number of nitrogens with zero attached hydrogens (tertiary/aromatic N) is 2. The van der Waals surface area contributed by atoms with Gasteiger partial charge in [-0.3, -0.25) is 4.72 Å². The molecular weight excluding hydrogens is 393 g/mol. The third-order valence-corrected chi connectivity index (χ3v) is 5.90. The SMILES string of the molecule is COc1ccc(S(=O)(=O)Nc2cccc(-c3cn4cccc(C)c4n3)c2)cc1F. The van der Waals surface area contributed by atoms with Crippen molar-refractivity contribution in [3.05, 3.63) is 78.4 Å². The van der Waals surface area contributed by atoms with Gasteiger partial charge in [0.15, 0.2) is 11.6 Å². The van der Waals surface area contributed by atoms with Crippen LogP contribution in [0.2, 0.25) is 0 Å². The van der Waals surface area contributed by atoms with Gasteiger partial charge in [0.05, 0.1) is 17.7 Å². The normalized spacial score (nSPS) is 11.6. The van der Waals surface area contributed by atoms with Crippen molar-refractivity contribution in [1.29, 1.82) is 0 Å². The standard InChI is InChI=1S/C21H18FN3O3S/c1-14-5-4-10-25-13-19(23-21(14)25)15-6-3-7-16(11-15)24-29(26,27)17-8-9-20(28-2)18(22)12-17/h3-13,24H,1-2H3. The van der Waals surface area contributed by atoms with Crippen LogP contribution in [-0.4, -0.2) is 24.9 Å². The molecule has 2 aromatic heterocycles. The lowest BCUT2D eigenvalue weighted by atomic mass is 10.1. The molecule has 2 aromatic carbocycles. The van der Waals surface area contributed by atoms with Crippen LogP contribution < -0.4 is 9.46 Å². The lowest BCUT2D eigenvalue weighted by molar-refractivity contribution is 0.385. The van der Waals surface area contributed by atoms with E-state index in [0.717, 1.165) is 28.5 Å². The van der Waals surface area contributed by atoms with Crippen molar-refractivity contribution in [3.63, 3.8) is 0 Å². The Balaban J connectivity index is 1.66. The minimum absolute atomic E-state index is 0.0203. The molecule has 0 spiro atoms. The molecule has 2 heterocycles. The zero-order valence-electron chi connectivity index (χ0n) is 15.8. The number of nitrogens with one attached hydrogen (secondary N) is 1. The van der Waals surface area contributed by atoms with Crippen LogP contribution in [0.3, 0.4) is 0 Å². The number of anilines is 1. The lowest BCUT2D eigenvalue weighted by Crippen LogP contribution is -2.13. The molecule has 0 fully saturated rings. The second-order valence-electron chi connectivity index (χ2n) is 6.53. The van der Waals surface area contributed by atoms with Crippen molar-refractivity contribution < 1.29 is 17.5 Å². The first kappa shape index (κ1) is 18.9. The summed E-state index contributed by atoms with van der Waals surface area (Å²) in [6.45, 7) is 1.98. The monoisotopic (exact) mass is 411 g/mol. The highest BCUT2D eigenvalue weighted by Crippen LogP contribution is 2.26. The minimum atomic E-state index is -3.96. The van der Waals surface area contributed by atoms with Crippen molar-refractivity contribution in [2.45, 2.75) is 11.8 Å². The molecule has 4 rings (SSSR count). The molecule has 0 radical (unpaired) electrons. The van der Waals surface area contributed by atoms with E-state index in [2.05, 4.69) is 9.71 Å². The van der Waals surface area contributed by atoms with Gasteiger partial charge in [-0.15, -0.1) is 0 Å². The summed E-state index contributed by atoms with van der Waals surface area (Å²) < 4.78 is 48.4. The molecule has 6 nitrogen and oxygen atoms in total. The van der Waals surface area contributed by atoms with Crippen LogP contribution in [0, 0.1) is 12.7 Å². The van der Waals surface area contributed by atoms with Crippen LogP contribution in [0.4, 0.5) is 10.1 Å². The molecule has 1 N–H and O–H groups in total. The first-order chi connectivity index (χ1) is 13.9. The summed E-state index contributed by atoms with van der Waals surface area (Å²) in [5.41, 5.74) is 3.71. The first-order valence-electron chi connectivity index (χ1n) is 8.78. The number of hydrogen-bond donors (Lipinski definition) is 1. The van der Waals surface area contributed by atoms with E-state index >= 15 is 0 Å². The number of hydrogen-bond acceptors (Lipinski definition) is 4. The molecule has 0 saturated heterocycles. The van der Waals surface area contributed by atoms with Crippen molar-refractivity contribution in [2.75, 3.05) is 11.8 Å². The third-order valence-electron chi connectivity index (χ3n) is 4.52. The number of halogens is 1. The molecule has 0 unspecified atom stereocenters. The largest absolute Gasteiger partial charge is 0.494 e. The van der Waals surface area contributed by atoms with Gasteiger partial charge in [0.2, 0.25) is 0 Å². The quantitative estimate of drug-likeness (QED) is 0.533. The van der Waals surface area contributed by atoms with Crippen molar-refractivity contribution >= 4 is 21.4 Å². The fraction of sp³-hybridized carbons (Fsp3) is 0.0952. The Bertz CT molecular complexity index is 1320. The van der Waals surface area contributed by atoms with E-state index in [1.165, 1.54) is 19.2 Å². The number of methoxy groups -OCH3 is 1. The van der Waals surface area contributed by atoms with Gasteiger partial charge in [0.1, 0.15) is 5.65 Å². The molecule has 8 heteroatoms. The molecule has 0 aliphatic heterocycles. The average molecular weight is 411 g/mol. The van der Waals surface area contributed by atoms with Crippen LogP contribution in [0.15, 0.2) is 71.9 Å². The molecule has 29 heavy (non-hydrogen) atoms. The van der Waals surface area contributed by atoms with Crippen LogP contribution in [0.25, 0.3) is 16.9 Å². The number of fused-ring (bicyclic) bond motifs is 1. The van der Waals surface area contributed by atoms with Crippen LogP contribution >= 0.6 is 0 Å². The van der Waals surface area contributed by atoms with E-state index in [0.29, 0.717) is 5.69 Å². The first-order valence-corrected chi connectivity index (χ1v) is 10.3. The number of aromatic nitrogens is 2. The molecular formula is C21H18FN3O3S. The predicted octanol–water partition coefficient (Wildman–Crippen LogP) is 4.26. The van der Waals surface area contributed by atoms with Crippen LogP contribution in [0.1, 0.15) is 5.56 Å². The van der Waals surface area contributed by atoms with Gasteiger partial charge >= 0.3 is 0 Å². The van der Waals surface area contributed by atoms with Crippen molar-refractivity contribution in [3.8, 4) is 17.0 Å². The Hall–Kier alpha value is -3.39. The smallest absolute Gasteiger partial charge is 0.262 e. The maximum atomic E-state index is 13.9. The minimum Gasteiger partial charge on any atom is -0.494 e. The number of rotatable bonds is 5. The second kappa shape index (κ2) is 7.21. The maximum Gasteiger partial charge on any atom is 0.262 e. The summed E-state index contributed by atoms with van der Waals surface area (Å²) in [4.78, 5) is 4.44. The summed E-state index contributed by atoms with van der Waals surface area (Å²) in [5, 5.41) is 0. The lowest BCUT2D eigenvalue weighted by Gasteiger charge is -2.10. The number of pyridine rings is 1. The van der Waals surface area contributed by atoms with E-state index in [-0.39, 0.29) is 10.6 Å². The third kappa shape index (κ3) is 3.66. The number of sulfonamides is 1. The highest BCUT2D eigenvalue weighted by atomic mass is 32.2. The summed E-state index contributed by atoms with van der Waals surface area (Å²) in [6, 6.07) is 14.3. The van der Waals surface area contributed by atoms with Gasteiger partial charge in [-0.1, -0.05) is 18.2 Å².